The minimum atomic E-state index is -1.08. The number of nitrogens with zero attached hydrogens (tertiary/aromatic N) is 2. The molecule has 0 aromatic carbocycles. The highest BCUT2D eigenvalue weighted by Crippen LogP contribution is 2.10. The lowest BCUT2D eigenvalue weighted by molar-refractivity contribution is -0.140. The van der Waals surface area contributed by atoms with Gasteiger partial charge in [0.1, 0.15) is 0 Å². The predicted octanol–water partition coefficient (Wildman–Crippen LogP) is 1.80. The third kappa shape index (κ3) is 5.43. The van der Waals surface area contributed by atoms with E-state index in [1.54, 1.807) is 6.92 Å². The lowest BCUT2D eigenvalue weighted by Gasteiger charge is -2.09. The molecule has 0 radical (unpaired) electrons. The molecular formula is C10H18N2O4. The van der Waals surface area contributed by atoms with E-state index < -0.39 is 24.0 Å². The van der Waals surface area contributed by atoms with Crippen molar-refractivity contribution >= 4 is 11.9 Å². The Bertz CT molecular complexity index is 276. The van der Waals surface area contributed by atoms with E-state index in [1.165, 1.54) is 0 Å². The summed E-state index contributed by atoms with van der Waals surface area (Å²) in [6.07, 6.45) is 0.655. The summed E-state index contributed by atoms with van der Waals surface area (Å²) in [6.45, 7) is 5.41. The van der Waals surface area contributed by atoms with Gasteiger partial charge in [-0.25, -0.2) is 9.59 Å². The molecule has 0 aromatic rings. The number of hydrogen-bond donors (Lipinski definition) is 2. The molecule has 0 aromatic heterocycles. The molecule has 0 spiro atoms. The van der Waals surface area contributed by atoms with Crippen LogP contribution in [0.1, 0.15) is 33.6 Å². The molecule has 0 rings (SSSR count). The van der Waals surface area contributed by atoms with Crippen LogP contribution in [-0.4, -0.2) is 34.2 Å². The predicted molar refractivity (Wildman–Crippen MR) is 57.4 cm³/mol. The van der Waals surface area contributed by atoms with Crippen molar-refractivity contribution in [3.05, 3.63) is 0 Å². The smallest absolute Gasteiger partial charge is 0.330 e. The zero-order chi connectivity index (χ0) is 12.7. The van der Waals surface area contributed by atoms with Crippen LogP contribution in [0.5, 0.6) is 0 Å². The van der Waals surface area contributed by atoms with Crippen LogP contribution < -0.4 is 0 Å². The van der Waals surface area contributed by atoms with Gasteiger partial charge in [0, 0.05) is 0 Å². The summed E-state index contributed by atoms with van der Waals surface area (Å²) < 4.78 is 0. The first kappa shape index (κ1) is 14.5. The standard InChI is InChI=1S/C10H18N2O4/c1-4-7(9(13)14)11-12-8(10(15)16)5-6(2)3/h6-8H,4-5H2,1-3H3,(H,13,14)(H,15,16). The van der Waals surface area contributed by atoms with Gasteiger partial charge >= 0.3 is 11.9 Å². The Morgan fingerprint density at radius 2 is 1.50 bits per heavy atom. The molecule has 0 heterocycles. The molecule has 6 nitrogen and oxygen atoms in total. The summed E-state index contributed by atoms with van der Waals surface area (Å²) in [4.78, 5) is 21.4. The Morgan fingerprint density at radius 3 is 1.81 bits per heavy atom. The highest BCUT2D eigenvalue weighted by atomic mass is 16.4. The van der Waals surface area contributed by atoms with E-state index in [2.05, 4.69) is 10.2 Å². The van der Waals surface area contributed by atoms with E-state index in [1.807, 2.05) is 13.8 Å². The van der Waals surface area contributed by atoms with Crippen LogP contribution in [0, 0.1) is 5.92 Å². The first-order valence-corrected chi connectivity index (χ1v) is 5.24. The molecule has 0 saturated heterocycles. The topological polar surface area (TPSA) is 99.3 Å². The van der Waals surface area contributed by atoms with Crippen molar-refractivity contribution in [2.24, 2.45) is 16.1 Å². The monoisotopic (exact) mass is 230 g/mol. The van der Waals surface area contributed by atoms with Gasteiger partial charge in [-0.3, -0.25) is 0 Å². The molecular weight excluding hydrogens is 212 g/mol. The number of carbonyl (C=O) groups is 2. The van der Waals surface area contributed by atoms with Crippen molar-refractivity contribution in [2.75, 3.05) is 0 Å². The normalized spacial score (nSPS) is 15.2. The zero-order valence-electron chi connectivity index (χ0n) is 9.75. The second-order valence-corrected chi connectivity index (χ2v) is 3.98. The number of hydrogen-bond acceptors (Lipinski definition) is 4. The van der Waals surface area contributed by atoms with Gasteiger partial charge in [-0.2, -0.15) is 10.2 Å². The quantitative estimate of drug-likeness (QED) is 0.651. The van der Waals surface area contributed by atoms with Crippen molar-refractivity contribution in [2.45, 2.75) is 45.7 Å². The lowest BCUT2D eigenvalue weighted by atomic mass is 10.1. The molecule has 2 atom stereocenters. The Hall–Kier alpha value is -1.46. The third-order valence-corrected chi connectivity index (χ3v) is 2.00. The van der Waals surface area contributed by atoms with Crippen molar-refractivity contribution < 1.29 is 19.8 Å². The molecule has 0 aliphatic heterocycles. The average molecular weight is 230 g/mol. The SMILES string of the molecule is CCC(N=NC(CC(C)C)C(=O)O)C(=O)O. The lowest BCUT2D eigenvalue weighted by Crippen LogP contribution is -2.22. The van der Waals surface area contributed by atoms with Gasteiger partial charge in [-0.05, 0) is 18.8 Å². The zero-order valence-corrected chi connectivity index (χ0v) is 9.75. The molecule has 2 N–H and O–H groups in total. The first-order valence-electron chi connectivity index (χ1n) is 5.24. The van der Waals surface area contributed by atoms with Crippen molar-refractivity contribution in [3.8, 4) is 0 Å². The van der Waals surface area contributed by atoms with Gasteiger partial charge < -0.3 is 10.2 Å². The molecule has 0 fully saturated rings. The first-order chi connectivity index (χ1) is 7.38. The van der Waals surface area contributed by atoms with Crippen LogP contribution in [0.2, 0.25) is 0 Å². The Kier molecular flexibility index (Phi) is 6.29. The molecule has 6 heteroatoms. The van der Waals surface area contributed by atoms with Crippen LogP contribution in [0.25, 0.3) is 0 Å². The van der Waals surface area contributed by atoms with E-state index in [4.69, 9.17) is 10.2 Å². The van der Waals surface area contributed by atoms with Crippen LogP contribution in [0.4, 0.5) is 0 Å². The van der Waals surface area contributed by atoms with E-state index in [-0.39, 0.29) is 5.92 Å². The van der Waals surface area contributed by atoms with Crippen molar-refractivity contribution in [1.29, 1.82) is 0 Å². The van der Waals surface area contributed by atoms with Gasteiger partial charge in [-0.15, -0.1) is 0 Å². The summed E-state index contributed by atoms with van der Waals surface area (Å²) in [5.41, 5.74) is 0. The molecule has 16 heavy (non-hydrogen) atoms. The largest absolute Gasteiger partial charge is 0.480 e. The van der Waals surface area contributed by atoms with Gasteiger partial charge in [0.15, 0.2) is 12.1 Å². The summed E-state index contributed by atoms with van der Waals surface area (Å²) in [6, 6.07) is -1.90. The summed E-state index contributed by atoms with van der Waals surface area (Å²) in [7, 11) is 0. The van der Waals surface area contributed by atoms with E-state index in [9.17, 15) is 9.59 Å². The number of azo groups is 1. The second kappa shape index (κ2) is 6.92. The molecule has 0 saturated carbocycles. The molecule has 0 bridgehead atoms. The van der Waals surface area contributed by atoms with Gasteiger partial charge in [-0.1, -0.05) is 20.8 Å². The maximum absolute atomic E-state index is 10.8. The van der Waals surface area contributed by atoms with Gasteiger partial charge in [0.05, 0.1) is 0 Å². The summed E-state index contributed by atoms with van der Waals surface area (Å²) in [5.74, 6) is -1.98. The van der Waals surface area contributed by atoms with E-state index >= 15 is 0 Å². The maximum Gasteiger partial charge on any atom is 0.330 e. The minimum absolute atomic E-state index is 0.171. The number of rotatable bonds is 7. The summed E-state index contributed by atoms with van der Waals surface area (Å²) in [5, 5.41) is 24.7. The third-order valence-electron chi connectivity index (χ3n) is 2.00. The highest BCUT2D eigenvalue weighted by Gasteiger charge is 2.20. The van der Waals surface area contributed by atoms with Gasteiger partial charge in [0.2, 0.25) is 0 Å². The number of carboxylic acid groups (broad SMARTS) is 2. The fourth-order valence-corrected chi connectivity index (χ4v) is 1.11. The number of aliphatic carboxylic acids is 2. The van der Waals surface area contributed by atoms with E-state index in [0.717, 1.165) is 0 Å². The van der Waals surface area contributed by atoms with Crippen LogP contribution in [0.15, 0.2) is 10.2 Å². The molecule has 2 unspecified atom stereocenters. The second-order valence-electron chi connectivity index (χ2n) is 3.98. The Morgan fingerprint density at radius 1 is 1.06 bits per heavy atom. The van der Waals surface area contributed by atoms with Gasteiger partial charge in [0.25, 0.3) is 0 Å². The Balaban J connectivity index is 4.54. The van der Waals surface area contributed by atoms with Crippen molar-refractivity contribution in [3.63, 3.8) is 0 Å². The molecule has 92 valence electrons. The fraction of sp³-hybridized carbons (Fsp3) is 0.800. The van der Waals surface area contributed by atoms with Crippen LogP contribution in [0.3, 0.4) is 0 Å². The van der Waals surface area contributed by atoms with Crippen LogP contribution in [-0.2, 0) is 9.59 Å². The minimum Gasteiger partial charge on any atom is -0.480 e. The highest BCUT2D eigenvalue weighted by molar-refractivity contribution is 5.74. The molecule has 0 aliphatic carbocycles. The number of carboxylic acids is 2. The fourth-order valence-electron chi connectivity index (χ4n) is 1.11. The summed E-state index contributed by atoms with van der Waals surface area (Å²) >= 11 is 0. The van der Waals surface area contributed by atoms with E-state index in [0.29, 0.717) is 12.8 Å². The van der Waals surface area contributed by atoms with Crippen LogP contribution >= 0.6 is 0 Å². The molecule has 0 aliphatic rings. The van der Waals surface area contributed by atoms with Crippen molar-refractivity contribution in [1.82, 2.24) is 0 Å². The molecule has 0 amide bonds. The Labute approximate surface area is 94.4 Å². The average Bonchev–Trinajstić information content (AvgIpc) is 2.15. The maximum atomic E-state index is 10.8.